The van der Waals surface area contributed by atoms with Gasteiger partial charge in [-0.1, -0.05) is 24.3 Å². The normalized spacial score (nSPS) is 16.3. The van der Waals surface area contributed by atoms with Crippen LogP contribution < -0.4 is 14.2 Å². The van der Waals surface area contributed by atoms with E-state index in [9.17, 15) is 8.42 Å². The van der Waals surface area contributed by atoms with Crippen molar-refractivity contribution in [1.82, 2.24) is 4.98 Å². The Kier molecular flexibility index (Phi) is 4.37. The minimum absolute atomic E-state index is 0.305. The summed E-state index contributed by atoms with van der Waals surface area (Å²) in [6, 6.07) is 12.3. The van der Waals surface area contributed by atoms with E-state index in [1.165, 1.54) is 0 Å². The van der Waals surface area contributed by atoms with Gasteiger partial charge in [0.2, 0.25) is 0 Å². The van der Waals surface area contributed by atoms with Crippen molar-refractivity contribution in [2.75, 3.05) is 13.7 Å². The van der Waals surface area contributed by atoms with Crippen LogP contribution in [0.25, 0.3) is 10.9 Å². The van der Waals surface area contributed by atoms with E-state index in [2.05, 4.69) is 4.98 Å². The molecule has 3 aromatic rings. The van der Waals surface area contributed by atoms with Gasteiger partial charge in [-0.25, -0.2) is 0 Å². The third kappa shape index (κ3) is 3.54. The second-order valence-corrected chi connectivity index (χ2v) is 7.64. The lowest BCUT2D eigenvalue weighted by Gasteiger charge is -2.28. The number of pyridine rings is 1. The maximum Gasteiger partial charge on any atom is 0.269 e. The molecule has 140 valence electrons. The Labute approximate surface area is 156 Å². The molecule has 7 nitrogen and oxygen atoms in total. The smallest absolute Gasteiger partial charge is 0.269 e. The van der Waals surface area contributed by atoms with E-state index >= 15 is 0 Å². The minimum Gasteiger partial charge on any atom is -0.494 e. The predicted octanol–water partition coefficient (Wildman–Crippen LogP) is 3.14. The molecule has 1 N–H and O–H groups in total. The van der Waals surface area contributed by atoms with Gasteiger partial charge in [-0.3, -0.25) is 9.54 Å². The molecule has 1 aliphatic rings. The Hall–Kier alpha value is -2.84. The lowest BCUT2D eigenvalue weighted by molar-refractivity contribution is 0.0930. The molecule has 1 unspecified atom stereocenters. The molecule has 0 saturated carbocycles. The van der Waals surface area contributed by atoms with Crippen LogP contribution in [0.15, 0.2) is 48.7 Å². The molecular weight excluding hydrogens is 370 g/mol. The van der Waals surface area contributed by atoms with Gasteiger partial charge in [0, 0.05) is 12.3 Å². The van der Waals surface area contributed by atoms with E-state index < -0.39 is 15.9 Å². The van der Waals surface area contributed by atoms with Crippen LogP contribution in [0, 0.1) is 0 Å². The molecule has 0 bridgehead atoms. The van der Waals surface area contributed by atoms with Gasteiger partial charge in [-0.05, 0) is 23.3 Å². The van der Waals surface area contributed by atoms with Gasteiger partial charge in [0.1, 0.15) is 23.6 Å². The Morgan fingerprint density at radius 1 is 1.26 bits per heavy atom. The summed E-state index contributed by atoms with van der Waals surface area (Å²) < 4.78 is 48.4. The molecule has 0 saturated heterocycles. The van der Waals surface area contributed by atoms with Crippen molar-refractivity contribution in [2.24, 2.45) is 0 Å². The maximum absolute atomic E-state index is 11.0. The standard InChI is InChI=1S/C19H17NO6S/c1-24-15-9-16-19(14-3-2-8-20-18(14)15)26-17(10-25-16)13-6-4-12(5-7-13)11-27(21,22)23/h2-9,17H,10-11H2,1H3,(H,21,22,23). The van der Waals surface area contributed by atoms with Crippen LogP contribution in [0.1, 0.15) is 17.2 Å². The van der Waals surface area contributed by atoms with Crippen LogP contribution in [-0.2, 0) is 15.9 Å². The number of methoxy groups -OCH3 is 1. The second kappa shape index (κ2) is 6.71. The SMILES string of the molecule is COc1cc2c(c3cccnc13)OC(c1ccc(CS(=O)(=O)O)cc1)CO2. The van der Waals surface area contributed by atoms with Crippen LogP contribution in [0.2, 0.25) is 0 Å². The van der Waals surface area contributed by atoms with Crippen molar-refractivity contribution in [3.05, 3.63) is 59.8 Å². The lowest BCUT2D eigenvalue weighted by Crippen LogP contribution is -2.22. The summed E-state index contributed by atoms with van der Waals surface area (Å²) in [5.41, 5.74) is 2.02. The molecule has 1 aromatic heterocycles. The maximum atomic E-state index is 11.0. The Morgan fingerprint density at radius 2 is 2.04 bits per heavy atom. The number of ether oxygens (including phenoxy) is 3. The summed E-state index contributed by atoms with van der Waals surface area (Å²) in [5.74, 6) is 1.37. The highest BCUT2D eigenvalue weighted by Crippen LogP contribution is 2.45. The van der Waals surface area contributed by atoms with Gasteiger partial charge >= 0.3 is 0 Å². The largest absolute Gasteiger partial charge is 0.494 e. The molecule has 8 heteroatoms. The Morgan fingerprint density at radius 3 is 2.74 bits per heavy atom. The van der Waals surface area contributed by atoms with Crippen molar-refractivity contribution in [2.45, 2.75) is 11.9 Å². The van der Waals surface area contributed by atoms with Crippen LogP contribution in [0.5, 0.6) is 17.2 Å². The highest BCUT2D eigenvalue weighted by molar-refractivity contribution is 7.85. The number of aromatic nitrogens is 1. The fourth-order valence-corrected chi connectivity index (χ4v) is 3.71. The van der Waals surface area contributed by atoms with Gasteiger partial charge in [0.15, 0.2) is 17.6 Å². The van der Waals surface area contributed by atoms with Gasteiger partial charge in [-0.2, -0.15) is 8.42 Å². The van der Waals surface area contributed by atoms with E-state index in [0.717, 1.165) is 10.9 Å². The van der Waals surface area contributed by atoms with Crippen molar-refractivity contribution in [3.8, 4) is 17.2 Å². The van der Waals surface area contributed by atoms with Gasteiger partial charge < -0.3 is 14.2 Å². The number of fused-ring (bicyclic) bond motifs is 3. The van der Waals surface area contributed by atoms with E-state index in [4.69, 9.17) is 18.8 Å². The molecule has 2 heterocycles. The number of nitrogens with zero attached hydrogens (tertiary/aromatic N) is 1. The van der Waals surface area contributed by atoms with E-state index in [0.29, 0.717) is 34.9 Å². The minimum atomic E-state index is -4.06. The predicted molar refractivity (Wildman–Crippen MR) is 98.9 cm³/mol. The quantitative estimate of drug-likeness (QED) is 0.687. The molecule has 0 radical (unpaired) electrons. The molecule has 0 spiro atoms. The lowest BCUT2D eigenvalue weighted by atomic mass is 10.1. The molecule has 0 fully saturated rings. The van der Waals surface area contributed by atoms with Crippen molar-refractivity contribution in [1.29, 1.82) is 0 Å². The highest BCUT2D eigenvalue weighted by Gasteiger charge is 2.26. The fraction of sp³-hybridized carbons (Fsp3) is 0.211. The third-order valence-electron chi connectivity index (χ3n) is 4.34. The molecular formula is C19H17NO6S. The van der Waals surface area contributed by atoms with Crippen molar-refractivity contribution >= 4 is 21.0 Å². The first-order valence-electron chi connectivity index (χ1n) is 8.24. The zero-order valence-electron chi connectivity index (χ0n) is 14.5. The first kappa shape index (κ1) is 17.6. The van der Waals surface area contributed by atoms with Crippen LogP contribution in [0.4, 0.5) is 0 Å². The third-order valence-corrected chi connectivity index (χ3v) is 5.04. The number of hydrogen-bond acceptors (Lipinski definition) is 6. The first-order chi connectivity index (χ1) is 12.9. The molecule has 1 atom stereocenters. The summed E-state index contributed by atoms with van der Waals surface area (Å²) in [5, 5.41) is 0.791. The number of benzene rings is 2. The Bertz CT molecular complexity index is 1100. The average Bonchev–Trinajstić information content (AvgIpc) is 2.66. The highest BCUT2D eigenvalue weighted by atomic mass is 32.2. The van der Waals surface area contributed by atoms with Crippen LogP contribution in [0.3, 0.4) is 0 Å². The van der Waals surface area contributed by atoms with E-state index in [1.807, 2.05) is 12.1 Å². The van der Waals surface area contributed by atoms with Gasteiger partial charge in [0.05, 0.1) is 12.5 Å². The average molecular weight is 387 g/mol. The number of hydrogen-bond donors (Lipinski definition) is 1. The molecule has 1 aliphatic heterocycles. The van der Waals surface area contributed by atoms with Crippen LogP contribution in [-0.4, -0.2) is 31.7 Å². The molecule has 27 heavy (non-hydrogen) atoms. The zero-order chi connectivity index (χ0) is 19.0. The first-order valence-corrected chi connectivity index (χ1v) is 9.85. The van der Waals surface area contributed by atoms with Crippen LogP contribution >= 0.6 is 0 Å². The summed E-state index contributed by atoms with van der Waals surface area (Å²) in [7, 11) is -2.48. The van der Waals surface area contributed by atoms with Gasteiger partial charge in [0.25, 0.3) is 10.1 Å². The summed E-state index contributed by atoms with van der Waals surface area (Å²) in [6.45, 7) is 0.305. The summed E-state index contributed by atoms with van der Waals surface area (Å²) in [4.78, 5) is 4.36. The van der Waals surface area contributed by atoms with E-state index in [1.54, 1.807) is 43.6 Å². The van der Waals surface area contributed by atoms with Crippen molar-refractivity contribution < 1.29 is 27.2 Å². The van der Waals surface area contributed by atoms with E-state index in [-0.39, 0.29) is 6.10 Å². The zero-order valence-corrected chi connectivity index (χ0v) is 15.3. The van der Waals surface area contributed by atoms with Crippen molar-refractivity contribution in [3.63, 3.8) is 0 Å². The fourth-order valence-electron chi connectivity index (χ4n) is 3.10. The summed E-state index contributed by atoms with van der Waals surface area (Å²) in [6.07, 6.45) is 1.33. The molecule has 0 aliphatic carbocycles. The molecule has 0 amide bonds. The number of rotatable bonds is 4. The molecule has 2 aromatic carbocycles. The summed E-state index contributed by atoms with van der Waals surface area (Å²) >= 11 is 0. The second-order valence-electron chi connectivity index (χ2n) is 6.19. The topological polar surface area (TPSA) is 95.0 Å². The Balaban J connectivity index is 1.66. The molecule has 4 rings (SSSR count). The van der Waals surface area contributed by atoms with Gasteiger partial charge in [-0.15, -0.1) is 0 Å². The monoisotopic (exact) mass is 387 g/mol.